The Kier molecular flexibility index (Phi) is 7.02. The van der Waals surface area contributed by atoms with Crippen molar-refractivity contribution in [1.82, 2.24) is 5.32 Å². The highest BCUT2D eigenvalue weighted by atomic mass is 35.5. The maximum Gasteiger partial charge on any atom is 0.223 e. The molecule has 0 aromatic carbocycles. The Bertz CT molecular complexity index is 254. The van der Waals surface area contributed by atoms with Gasteiger partial charge in [0.1, 0.15) is 0 Å². The molecule has 106 valence electrons. The highest BCUT2D eigenvalue weighted by Gasteiger charge is 2.28. The number of halogens is 1. The van der Waals surface area contributed by atoms with Crippen LogP contribution in [0.25, 0.3) is 0 Å². The van der Waals surface area contributed by atoms with Crippen molar-refractivity contribution in [2.45, 2.75) is 63.8 Å². The van der Waals surface area contributed by atoms with Crippen LogP contribution in [-0.2, 0) is 4.79 Å². The molecule has 2 aliphatic rings. The van der Waals surface area contributed by atoms with Crippen LogP contribution >= 0.6 is 12.4 Å². The van der Waals surface area contributed by atoms with Gasteiger partial charge >= 0.3 is 0 Å². The lowest BCUT2D eigenvalue weighted by atomic mass is 9.83. The second-order valence-electron chi connectivity index (χ2n) is 5.73. The van der Waals surface area contributed by atoms with E-state index in [4.69, 9.17) is 5.73 Å². The van der Waals surface area contributed by atoms with Gasteiger partial charge < -0.3 is 11.1 Å². The molecule has 2 rings (SSSR count). The Balaban J connectivity index is 0.00000162. The van der Waals surface area contributed by atoms with Crippen molar-refractivity contribution >= 4 is 18.3 Å². The van der Waals surface area contributed by atoms with E-state index in [1.807, 2.05) is 0 Å². The van der Waals surface area contributed by atoms with Crippen molar-refractivity contribution in [3.8, 4) is 0 Å². The number of nitrogens with one attached hydrogen (secondary N) is 1. The van der Waals surface area contributed by atoms with Gasteiger partial charge in [0.2, 0.25) is 5.91 Å². The number of rotatable bonds is 3. The van der Waals surface area contributed by atoms with Crippen LogP contribution in [0.1, 0.15) is 57.8 Å². The molecule has 2 unspecified atom stereocenters. The fourth-order valence-electron chi connectivity index (χ4n) is 3.35. The standard InChI is InChI=1S/C14H26N2O.ClH/c15-10-12-8-4-5-9-13(12)16-14(17)11-6-2-1-3-7-11;/h11-13H,1-10,15H2,(H,16,17);1H. The maximum atomic E-state index is 12.2. The van der Waals surface area contributed by atoms with Crippen LogP contribution < -0.4 is 11.1 Å². The molecule has 3 N–H and O–H groups in total. The molecule has 0 aromatic heterocycles. The molecule has 1 amide bonds. The number of amides is 1. The number of carbonyl (C=O) groups excluding carboxylic acids is 1. The number of hydrogen-bond donors (Lipinski definition) is 2. The minimum absolute atomic E-state index is 0. The first-order valence-corrected chi connectivity index (χ1v) is 7.31. The van der Waals surface area contributed by atoms with Crippen molar-refractivity contribution in [1.29, 1.82) is 0 Å². The zero-order valence-corrected chi connectivity index (χ0v) is 12.0. The number of nitrogens with two attached hydrogens (primary N) is 1. The van der Waals surface area contributed by atoms with E-state index < -0.39 is 0 Å². The van der Waals surface area contributed by atoms with Crippen LogP contribution in [0.5, 0.6) is 0 Å². The van der Waals surface area contributed by atoms with Crippen molar-refractivity contribution in [2.24, 2.45) is 17.6 Å². The summed E-state index contributed by atoms with van der Waals surface area (Å²) in [5, 5.41) is 3.27. The molecule has 3 nitrogen and oxygen atoms in total. The first kappa shape index (κ1) is 15.8. The summed E-state index contributed by atoms with van der Waals surface area (Å²) in [6.07, 6.45) is 10.8. The summed E-state index contributed by atoms with van der Waals surface area (Å²) in [6, 6.07) is 0.350. The molecule has 0 radical (unpaired) electrons. The van der Waals surface area contributed by atoms with Gasteiger partial charge in [-0.15, -0.1) is 12.4 Å². The van der Waals surface area contributed by atoms with E-state index >= 15 is 0 Å². The lowest BCUT2D eigenvalue weighted by Gasteiger charge is -2.33. The van der Waals surface area contributed by atoms with Crippen LogP contribution in [0.2, 0.25) is 0 Å². The predicted molar refractivity (Wildman–Crippen MR) is 76.8 cm³/mol. The normalized spacial score (nSPS) is 29.4. The molecular formula is C14H27ClN2O. The Morgan fingerprint density at radius 3 is 2.28 bits per heavy atom. The molecule has 0 aromatic rings. The molecule has 0 bridgehead atoms. The zero-order chi connectivity index (χ0) is 12.1. The monoisotopic (exact) mass is 274 g/mol. The van der Waals surface area contributed by atoms with Crippen molar-refractivity contribution < 1.29 is 4.79 Å². The largest absolute Gasteiger partial charge is 0.353 e. The van der Waals surface area contributed by atoms with Crippen molar-refractivity contribution in [3.63, 3.8) is 0 Å². The van der Waals surface area contributed by atoms with Gasteiger partial charge in [-0.05, 0) is 38.1 Å². The fourth-order valence-corrected chi connectivity index (χ4v) is 3.35. The molecule has 0 saturated heterocycles. The topological polar surface area (TPSA) is 55.1 Å². The Morgan fingerprint density at radius 1 is 1.00 bits per heavy atom. The zero-order valence-electron chi connectivity index (χ0n) is 11.2. The quantitative estimate of drug-likeness (QED) is 0.831. The summed E-state index contributed by atoms with van der Waals surface area (Å²) in [5.74, 6) is 1.09. The molecule has 18 heavy (non-hydrogen) atoms. The van der Waals surface area contributed by atoms with Gasteiger partial charge in [0.25, 0.3) is 0 Å². The van der Waals surface area contributed by atoms with E-state index in [9.17, 15) is 4.79 Å². The first-order valence-electron chi connectivity index (χ1n) is 7.31. The van der Waals surface area contributed by atoms with Crippen molar-refractivity contribution in [3.05, 3.63) is 0 Å². The van der Waals surface area contributed by atoms with E-state index in [0.717, 1.165) is 25.8 Å². The second kappa shape index (κ2) is 8.00. The van der Waals surface area contributed by atoms with Crippen LogP contribution in [0, 0.1) is 11.8 Å². The first-order chi connectivity index (χ1) is 8.31. The van der Waals surface area contributed by atoms with Crippen LogP contribution in [0.15, 0.2) is 0 Å². The average Bonchev–Trinajstić information content (AvgIpc) is 2.40. The van der Waals surface area contributed by atoms with Gasteiger partial charge in [0, 0.05) is 12.0 Å². The molecule has 0 heterocycles. The summed E-state index contributed by atoms with van der Waals surface area (Å²) < 4.78 is 0. The van der Waals surface area contributed by atoms with E-state index in [1.54, 1.807) is 0 Å². The smallest absolute Gasteiger partial charge is 0.223 e. The predicted octanol–water partition coefficient (Wildman–Crippen LogP) is 2.62. The molecule has 4 heteroatoms. The summed E-state index contributed by atoms with van der Waals surface area (Å²) in [5.41, 5.74) is 5.80. The number of carbonyl (C=O) groups is 1. The van der Waals surface area contributed by atoms with Gasteiger partial charge in [-0.2, -0.15) is 0 Å². The molecule has 2 aliphatic carbocycles. The SMILES string of the molecule is Cl.NCC1CCCCC1NC(=O)C1CCCCC1. The van der Waals surface area contributed by atoms with Gasteiger partial charge in [-0.25, -0.2) is 0 Å². The molecule has 0 spiro atoms. The molecule has 2 fully saturated rings. The third-order valence-corrected chi connectivity index (χ3v) is 4.52. The highest BCUT2D eigenvalue weighted by Crippen LogP contribution is 2.27. The summed E-state index contributed by atoms with van der Waals surface area (Å²) in [4.78, 5) is 12.2. The molecular weight excluding hydrogens is 248 g/mol. The summed E-state index contributed by atoms with van der Waals surface area (Å²) >= 11 is 0. The summed E-state index contributed by atoms with van der Waals surface area (Å²) in [6.45, 7) is 0.718. The minimum Gasteiger partial charge on any atom is -0.353 e. The third-order valence-electron chi connectivity index (χ3n) is 4.52. The summed E-state index contributed by atoms with van der Waals surface area (Å²) in [7, 11) is 0. The Morgan fingerprint density at radius 2 is 1.61 bits per heavy atom. The second-order valence-corrected chi connectivity index (χ2v) is 5.73. The lowest BCUT2D eigenvalue weighted by Crippen LogP contribution is -2.47. The fraction of sp³-hybridized carbons (Fsp3) is 0.929. The van der Waals surface area contributed by atoms with Crippen LogP contribution in [-0.4, -0.2) is 18.5 Å². The highest BCUT2D eigenvalue weighted by molar-refractivity contribution is 5.85. The Labute approximate surface area is 117 Å². The lowest BCUT2D eigenvalue weighted by molar-refractivity contribution is -0.127. The average molecular weight is 275 g/mol. The van der Waals surface area contributed by atoms with Gasteiger partial charge in [0.15, 0.2) is 0 Å². The molecule has 2 atom stereocenters. The minimum atomic E-state index is 0. The van der Waals surface area contributed by atoms with Gasteiger partial charge in [-0.3, -0.25) is 4.79 Å². The van der Waals surface area contributed by atoms with Crippen LogP contribution in [0.4, 0.5) is 0 Å². The Hall–Kier alpha value is -0.280. The van der Waals surface area contributed by atoms with E-state index in [0.29, 0.717) is 17.9 Å². The van der Waals surface area contributed by atoms with Crippen LogP contribution in [0.3, 0.4) is 0 Å². The van der Waals surface area contributed by atoms with E-state index in [-0.39, 0.29) is 18.3 Å². The third kappa shape index (κ3) is 4.13. The van der Waals surface area contributed by atoms with Gasteiger partial charge in [-0.1, -0.05) is 32.1 Å². The van der Waals surface area contributed by atoms with E-state index in [1.165, 1.54) is 38.5 Å². The molecule has 0 aliphatic heterocycles. The van der Waals surface area contributed by atoms with E-state index in [2.05, 4.69) is 5.32 Å². The number of hydrogen-bond acceptors (Lipinski definition) is 2. The molecule has 2 saturated carbocycles. The van der Waals surface area contributed by atoms with Crippen molar-refractivity contribution in [2.75, 3.05) is 6.54 Å². The maximum absolute atomic E-state index is 12.2. The van der Waals surface area contributed by atoms with Gasteiger partial charge in [0.05, 0.1) is 0 Å².